The Balaban J connectivity index is 0.000000153. The van der Waals surface area contributed by atoms with E-state index in [1.54, 1.807) is 146 Å². The summed E-state index contributed by atoms with van der Waals surface area (Å²) >= 11 is 7.40. The van der Waals surface area contributed by atoms with Gasteiger partial charge in [0.2, 0.25) is 0 Å². The minimum Gasteiger partial charge on any atom is -0.342 e. The number of carbonyl (C=O) groups excluding carboxylic acids is 5. The minimum atomic E-state index is -4.50. The first-order valence-electron chi connectivity index (χ1n) is 38.2. The maximum atomic E-state index is 14.0. The van der Waals surface area contributed by atoms with Gasteiger partial charge in [0, 0.05) is 164 Å². The number of hydrogen-bond donors (Lipinski definition) is 0. The number of rotatable bonds is 25. The Morgan fingerprint density at radius 3 is 1.08 bits per heavy atom. The van der Waals surface area contributed by atoms with E-state index in [-0.39, 0.29) is 65.6 Å². The molecule has 0 saturated carbocycles. The lowest BCUT2D eigenvalue weighted by Gasteiger charge is -2.19. The molecule has 5 aromatic carbocycles. The normalized spacial score (nSPS) is 10.7. The molecule has 0 unspecified atom stereocenters. The zero-order chi connectivity index (χ0) is 90.0. The first kappa shape index (κ1) is 91.6. The molecule has 0 bridgehead atoms. The molecule has 638 valence electrons. The van der Waals surface area contributed by atoms with E-state index in [0.29, 0.717) is 91.1 Å². The lowest BCUT2D eigenvalue weighted by atomic mass is 10.0. The molecule has 0 fully saturated rings. The Morgan fingerprint density at radius 1 is 0.341 bits per heavy atom. The van der Waals surface area contributed by atoms with Crippen LogP contribution in [0, 0.1) is 44.0 Å². The first-order valence-corrected chi connectivity index (χ1v) is 39.5. The topological polar surface area (TPSA) is 295 Å². The van der Waals surface area contributed by atoms with Crippen molar-refractivity contribution in [1.29, 1.82) is 0 Å². The molecule has 0 radical (unpaired) electrons. The standard InChI is InChI=1S/C19H14F4N4O.2C19H17FN4O.C18H14ClFN4O.C17H16N4OS/c1-27(17-9-24-11-25-10-17)16-5-12(4-14(20)6-16)18(28)7-15-3-2-13(8-26-15)19(21,22)23;1-13-3-14(9-21-8-13)4-19(25)15-5-16(20)7-17(6-15)24(2)18-10-22-12-23-11-18;1-13-3-4-23-16(5-13)9-19(25)14-6-15(20)8-17(7-14)24(2)18-10-21-12-22-11-18;1-24(17-9-22-11-23-10-17)16-5-13(4-15(20)6-16)18(25)3-12-2-14(19)8-21-7-12;1-12-10-23-17(20-12)7-16(22)13-4-3-5-14(6-13)21(2)15-8-18-11-19-9-15/h2-6,8-11H,7H2,1H3;3,5-12H,4H2,1-2H3;3-8,10-12H,9H2,1-2H3;2,4-11H,3H2,1H3;3-6,8-11H,7H2,1-2H3. The molecule has 0 aliphatic heterocycles. The van der Waals surface area contributed by atoms with Crippen molar-refractivity contribution in [2.24, 2.45) is 0 Å². The summed E-state index contributed by atoms with van der Waals surface area (Å²) in [5, 5.41) is 3.26. The van der Waals surface area contributed by atoms with Crippen molar-refractivity contribution in [1.82, 2.24) is 74.8 Å². The largest absolute Gasteiger partial charge is 0.417 e. The van der Waals surface area contributed by atoms with E-state index < -0.39 is 40.8 Å². The number of ketones is 5. The molecule has 34 heteroatoms. The Bertz CT molecular complexity index is 5890. The third-order valence-electron chi connectivity index (χ3n) is 18.8. The molecule has 25 nitrogen and oxygen atoms in total. The summed E-state index contributed by atoms with van der Waals surface area (Å²) < 4.78 is 93.9. The van der Waals surface area contributed by atoms with Crippen molar-refractivity contribution in [3.63, 3.8) is 0 Å². The van der Waals surface area contributed by atoms with Gasteiger partial charge in [-0.3, -0.25) is 43.9 Å². The van der Waals surface area contributed by atoms with Gasteiger partial charge in [-0.25, -0.2) is 72.4 Å². The predicted octanol–water partition coefficient (Wildman–Crippen LogP) is 18.5. The molecule has 10 aromatic heterocycles. The van der Waals surface area contributed by atoms with Crippen LogP contribution < -0.4 is 24.5 Å². The molecule has 0 spiro atoms. The van der Waals surface area contributed by atoms with Gasteiger partial charge in [-0.15, -0.1) is 11.3 Å². The smallest absolute Gasteiger partial charge is 0.342 e. The fourth-order valence-electron chi connectivity index (χ4n) is 12.2. The number of alkyl halides is 3. The third-order valence-corrected chi connectivity index (χ3v) is 20.0. The molecule has 0 saturated heterocycles. The van der Waals surface area contributed by atoms with Crippen LogP contribution in [0.1, 0.15) is 102 Å². The van der Waals surface area contributed by atoms with Gasteiger partial charge >= 0.3 is 6.18 Å². The van der Waals surface area contributed by atoms with Gasteiger partial charge in [0.1, 0.15) is 59.9 Å². The van der Waals surface area contributed by atoms with Gasteiger partial charge in [0.15, 0.2) is 28.9 Å². The van der Waals surface area contributed by atoms with Crippen LogP contribution >= 0.6 is 22.9 Å². The number of anilines is 10. The molecular weight excluding hydrogens is 1670 g/mol. The van der Waals surface area contributed by atoms with E-state index in [4.69, 9.17) is 11.6 Å². The summed E-state index contributed by atoms with van der Waals surface area (Å²) in [5.74, 6) is -3.01. The zero-order valence-electron chi connectivity index (χ0n) is 68.9. The number of halogens is 8. The Labute approximate surface area is 728 Å². The lowest BCUT2D eigenvalue weighted by molar-refractivity contribution is -0.137. The van der Waals surface area contributed by atoms with E-state index in [9.17, 15) is 54.7 Å². The summed E-state index contributed by atoms with van der Waals surface area (Å²) in [5.41, 5.74) is 12.5. The molecule has 0 aliphatic rings. The number of carbonyl (C=O) groups is 5. The molecular formula is C92H78ClF7N20O5S. The molecule has 10 heterocycles. The van der Waals surface area contributed by atoms with E-state index in [1.165, 1.54) is 110 Å². The van der Waals surface area contributed by atoms with Crippen LogP contribution in [0.25, 0.3) is 0 Å². The zero-order valence-corrected chi connectivity index (χ0v) is 70.4. The number of aromatic nitrogens is 15. The molecule has 0 atom stereocenters. The highest BCUT2D eigenvalue weighted by Gasteiger charge is 2.31. The van der Waals surface area contributed by atoms with Crippen molar-refractivity contribution in [3.05, 3.63) is 376 Å². The SMILES string of the molecule is CN(c1cncnc1)c1cc(F)cc(C(=O)Cc2ccc(C(F)(F)F)cn2)c1.CN(c1cncnc1)c1cc(F)cc(C(=O)Cc2cncc(Cl)c2)c1.Cc1ccnc(CC(=O)c2cc(F)cc(N(C)c3cncnc3)c2)c1.Cc1cncc(CC(=O)c2cc(F)cc(N(C)c3cncnc3)c2)c1.Cc1csc(CC(=O)c2cccc(N(C)c3cncnc3)c2)n1. The number of thiazole rings is 1. The average Bonchev–Trinajstić information content (AvgIpc) is 0.926. The fourth-order valence-corrected chi connectivity index (χ4v) is 13.1. The van der Waals surface area contributed by atoms with Crippen LogP contribution in [0.15, 0.2) is 270 Å². The number of nitrogens with zero attached hydrogens (tertiary/aromatic N) is 20. The van der Waals surface area contributed by atoms with Crippen LogP contribution in [-0.4, -0.2) is 139 Å². The lowest BCUT2D eigenvalue weighted by Crippen LogP contribution is -2.13. The van der Waals surface area contributed by atoms with Gasteiger partial charge in [0.05, 0.1) is 120 Å². The Hall–Kier alpha value is -15.1. The second-order valence-electron chi connectivity index (χ2n) is 28.2. The summed E-state index contributed by atoms with van der Waals surface area (Å²) in [6, 6.07) is 33.4. The minimum absolute atomic E-state index is 0.0684. The predicted molar refractivity (Wildman–Crippen MR) is 466 cm³/mol. The maximum Gasteiger partial charge on any atom is 0.417 e. The van der Waals surface area contributed by atoms with E-state index in [2.05, 4.69) is 74.8 Å². The highest BCUT2D eigenvalue weighted by molar-refractivity contribution is 7.09. The van der Waals surface area contributed by atoms with Gasteiger partial charge < -0.3 is 24.5 Å². The summed E-state index contributed by atoms with van der Waals surface area (Å²) in [6.45, 7) is 5.78. The maximum absolute atomic E-state index is 14.0. The number of Topliss-reactive ketones (excluding diaryl/α,β-unsaturated/α-hetero) is 5. The Kier molecular flexibility index (Phi) is 31.7. The van der Waals surface area contributed by atoms with Crippen molar-refractivity contribution < 1.29 is 54.7 Å². The van der Waals surface area contributed by atoms with Crippen molar-refractivity contribution >= 4 is 109 Å². The van der Waals surface area contributed by atoms with Gasteiger partial charge in [-0.2, -0.15) is 13.2 Å². The quantitative estimate of drug-likeness (QED) is 0.0379. The number of aryl methyl sites for hydroxylation is 3. The van der Waals surface area contributed by atoms with Gasteiger partial charge in [0.25, 0.3) is 0 Å². The van der Waals surface area contributed by atoms with Crippen LogP contribution in [0.2, 0.25) is 5.02 Å². The highest BCUT2D eigenvalue weighted by atomic mass is 35.5. The number of pyridine rings is 4. The molecule has 15 aromatic rings. The fraction of sp³-hybridized carbons (Fsp3) is 0.152. The van der Waals surface area contributed by atoms with E-state index in [1.807, 2.05) is 80.6 Å². The first-order chi connectivity index (χ1) is 60.4. The highest BCUT2D eigenvalue weighted by Crippen LogP contribution is 2.33. The van der Waals surface area contributed by atoms with Gasteiger partial charge in [-0.1, -0.05) is 29.8 Å². The summed E-state index contributed by atoms with van der Waals surface area (Å²) in [6.07, 6.45) is 28.1. The second kappa shape index (κ2) is 43.6. The van der Waals surface area contributed by atoms with Crippen molar-refractivity contribution in [3.8, 4) is 0 Å². The van der Waals surface area contributed by atoms with Crippen LogP contribution in [-0.2, 0) is 38.3 Å². The van der Waals surface area contributed by atoms with Crippen LogP contribution in [0.3, 0.4) is 0 Å². The Morgan fingerprint density at radius 2 is 0.714 bits per heavy atom. The second-order valence-corrected chi connectivity index (χ2v) is 29.6. The van der Waals surface area contributed by atoms with Gasteiger partial charge in [-0.05, 0) is 158 Å². The number of hydrogen-bond acceptors (Lipinski definition) is 26. The number of benzene rings is 5. The molecule has 0 aliphatic carbocycles. The van der Waals surface area contributed by atoms with Crippen molar-refractivity contribution in [2.45, 2.75) is 59.1 Å². The monoisotopic (exact) mass is 1740 g/mol. The van der Waals surface area contributed by atoms with E-state index >= 15 is 0 Å². The summed E-state index contributed by atoms with van der Waals surface area (Å²) in [4.78, 5) is 131. The van der Waals surface area contributed by atoms with E-state index in [0.717, 1.165) is 57.0 Å². The van der Waals surface area contributed by atoms with Crippen LogP contribution in [0.4, 0.5) is 87.6 Å². The molecule has 126 heavy (non-hydrogen) atoms. The molecule has 15 rings (SSSR count). The molecule has 0 N–H and O–H groups in total. The average molecular weight is 1740 g/mol. The molecule has 0 amide bonds. The van der Waals surface area contributed by atoms with Crippen LogP contribution in [0.5, 0.6) is 0 Å². The third kappa shape index (κ3) is 26.7. The van der Waals surface area contributed by atoms with Crippen molar-refractivity contribution in [2.75, 3.05) is 59.7 Å². The summed E-state index contributed by atoms with van der Waals surface area (Å²) in [7, 11) is 8.88.